The van der Waals surface area contributed by atoms with Crippen molar-refractivity contribution in [2.75, 3.05) is 6.54 Å². The number of carbonyl (C=O) groups excluding carboxylic acids is 1. The summed E-state index contributed by atoms with van der Waals surface area (Å²) in [4.78, 5) is 28.2. The molecule has 0 spiro atoms. The Hall–Kier alpha value is -3.39. The minimum atomic E-state index is -0.307. The molecule has 3 heterocycles. The zero-order chi connectivity index (χ0) is 23.0. The average molecular weight is 453 g/mol. The molecule has 0 fully saturated rings. The Labute approximate surface area is 190 Å². The van der Waals surface area contributed by atoms with Gasteiger partial charge >= 0.3 is 0 Å². The van der Waals surface area contributed by atoms with Gasteiger partial charge in [-0.3, -0.25) is 14.3 Å². The number of hydrogen-bond donors (Lipinski definition) is 2. The summed E-state index contributed by atoms with van der Waals surface area (Å²) in [6, 6.07) is 7.37. The Kier molecular flexibility index (Phi) is 5.88. The molecule has 1 atom stereocenters. The lowest BCUT2D eigenvalue weighted by atomic mass is 10.0. The third kappa shape index (κ3) is 4.31. The quantitative estimate of drug-likeness (QED) is 0.465. The van der Waals surface area contributed by atoms with Crippen LogP contribution in [-0.2, 0) is 0 Å². The van der Waals surface area contributed by atoms with Gasteiger partial charge in [0.05, 0.1) is 22.8 Å². The van der Waals surface area contributed by atoms with Gasteiger partial charge < -0.3 is 10.3 Å². The van der Waals surface area contributed by atoms with Crippen LogP contribution < -0.4 is 10.9 Å². The van der Waals surface area contributed by atoms with Crippen molar-refractivity contribution in [1.29, 1.82) is 0 Å². The molecule has 0 aliphatic rings. The molecule has 1 aromatic carbocycles. The number of rotatable bonds is 6. The van der Waals surface area contributed by atoms with Crippen molar-refractivity contribution in [2.24, 2.45) is 5.92 Å². The number of benzene rings is 1. The number of halogens is 1. The van der Waals surface area contributed by atoms with Crippen LogP contribution in [0.15, 0.2) is 47.7 Å². The van der Waals surface area contributed by atoms with E-state index in [9.17, 15) is 9.59 Å². The molecule has 166 valence electrons. The fourth-order valence-corrected chi connectivity index (χ4v) is 3.73. The number of carbonyl (C=O) groups is 1. The molecule has 4 aromatic rings. The van der Waals surface area contributed by atoms with E-state index in [4.69, 9.17) is 11.6 Å². The molecule has 0 saturated carbocycles. The smallest absolute Gasteiger partial charge is 0.275 e. The monoisotopic (exact) mass is 452 g/mol. The van der Waals surface area contributed by atoms with Crippen molar-refractivity contribution in [3.63, 3.8) is 0 Å². The summed E-state index contributed by atoms with van der Waals surface area (Å²) in [5.74, 6) is 0.388. The highest BCUT2D eigenvalue weighted by Crippen LogP contribution is 2.20. The molecule has 32 heavy (non-hydrogen) atoms. The second-order valence-corrected chi connectivity index (χ2v) is 8.76. The summed E-state index contributed by atoms with van der Waals surface area (Å²) >= 11 is 5.99. The Morgan fingerprint density at radius 1 is 1.19 bits per heavy atom. The Bertz CT molecular complexity index is 1350. The van der Waals surface area contributed by atoms with Gasteiger partial charge in [0, 0.05) is 24.5 Å². The molecule has 0 bridgehead atoms. The van der Waals surface area contributed by atoms with E-state index in [2.05, 4.69) is 34.3 Å². The second kappa shape index (κ2) is 8.63. The number of aromatic nitrogens is 5. The number of hydrogen-bond acceptors (Lipinski definition) is 4. The number of nitrogens with one attached hydrogen (secondary N) is 2. The second-order valence-electron chi connectivity index (χ2n) is 8.32. The number of H-pyrrole nitrogens is 1. The number of nitrogens with zero attached hydrogens (tertiary/aromatic N) is 4. The van der Waals surface area contributed by atoms with E-state index in [0.29, 0.717) is 28.5 Å². The van der Waals surface area contributed by atoms with Crippen molar-refractivity contribution in [1.82, 2.24) is 29.7 Å². The minimum absolute atomic E-state index is 0.0543. The summed E-state index contributed by atoms with van der Waals surface area (Å²) in [5.41, 5.74) is 3.44. The van der Waals surface area contributed by atoms with Crippen molar-refractivity contribution < 1.29 is 4.79 Å². The summed E-state index contributed by atoms with van der Waals surface area (Å²) in [6.07, 6.45) is 4.88. The van der Waals surface area contributed by atoms with Crippen LogP contribution in [0.4, 0.5) is 0 Å². The molecule has 0 aliphatic heterocycles. The number of aromatic amines is 1. The molecule has 0 radical (unpaired) electrons. The van der Waals surface area contributed by atoms with Gasteiger partial charge in [-0.2, -0.15) is 5.10 Å². The van der Waals surface area contributed by atoms with E-state index in [1.807, 2.05) is 32.0 Å². The summed E-state index contributed by atoms with van der Waals surface area (Å²) in [5, 5.41) is 12.2. The zero-order valence-corrected chi connectivity index (χ0v) is 19.1. The van der Waals surface area contributed by atoms with E-state index in [-0.39, 0.29) is 23.4 Å². The largest absolute Gasteiger partial charge is 0.350 e. The summed E-state index contributed by atoms with van der Waals surface area (Å²) < 4.78 is 3.21. The maximum atomic E-state index is 12.8. The van der Waals surface area contributed by atoms with Gasteiger partial charge in [0.25, 0.3) is 11.5 Å². The highest BCUT2D eigenvalue weighted by molar-refractivity contribution is 6.30. The molecule has 0 aliphatic carbocycles. The van der Waals surface area contributed by atoms with E-state index < -0.39 is 0 Å². The van der Waals surface area contributed by atoms with Gasteiger partial charge in [-0.25, -0.2) is 4.52 Å². The zero-order valence-electron chi connectivity index (χ0n) is 18.4. The lowest BCUT2D eigenvalue weighted by Gasteiger charge is -2.21. The van der Waals surface area contributed by atoms with Crippen molar-refractivity contribution in [3.05, 3.63) is 74.9 Å². The molecule has 1 unspecified atom stereocenters. The predicted molar refractivity (Wildman–Crippen MR) is 124 cm³/mol. The minimum Gasteiger partial charge on any atom is -0.350 e. The van der Waals surface area contributed by atoms with Crippen LogP contribution in [-0.4, -0.2) is 36.8 Å². The number of amides is 1. The molecule has 0 saturated heterocycles. The van der Waals surface area contributed by atoms with Gasteiger partial charge in [0.15, 0.2) is 5.82 Å². The van der Waals surface area contributed by atoms with Crippen LogP contribution in [0.25, 0.3) is 16.9 Å². The van der Waals surface area contributed by atoms with E-state index in [1.165, 1.54) is 4.52 Å². The lowest BCUT2D eigenvalue weighted by Crippen LogP contribution is -2.33. The third-order valence-corrected chi connectivity index (χ3v) is 5.86. The highest BCUT2D eigenvalue weighted by Gasteiger charge is 2.19. The summed E-state index contributed by atoms with van der Waals surface area (Å²) in [6.45, 7) is 8.52. The first-order valence-electron chi connectivity index (χ1n) is 10.4. The van der Waals surface area contributed by atoms with E-state index in [0.717, 1.165) is 16.7 Å². The Balaban J connectivity index is 1.58. The Morgan fingerprint density at radius 3 is 2.62 bits per heavy atom. The fraction of sp³-hybridized carbons (Fsp3) is 0.304. The van der Waals surface area contributed by atoms with E-state index in [1.54, 1.807) is 29.3 Å². The maximum absolute atomic E-state index is 12.8. The van der Waals surface area contributed by atoms with Crippen LogP contribution in [0.3, 0.4) is 0 Å². The first kappa shape index (κ1) is 21.8. The molecule has 1 amide bonds. The topological polar surface area (TPSA) is 97.1 Å². The average Bonchev–Trinajstić information content (AvgIpc) is 3.36. The van der Waals surface area contributed by atoms with Gasteiger partial charge in [-0.15, -0.1) is 5.10 Å². The molecule has 8 nitrogen and oxygen atoms in total. The molecular formula is C23H25ClN6O2. The first-order valence-corrected chi connectivity index (χ1v) is 10.8. The highest BCUT2D eigenvalue weighted by atomic mass is 35.5. The van der Waals surface area contributed by atoms with Crippen LogP contribution in [0.1, 0.15) is 41.4 Å². The van der Waals surface area contributed by atoms with Crippen molar-refractivity contribution in [2.45, 2.75) is 33.7 Å². The fourth-order valence-electron chi connectivity index (χ4n) is 3.58. The van der Waals surface area contributed by atoms with Crippen LogP contribution in [0.5, 0.6) is 0 Å². The van der Waals surface area contributed by atoms with Gasteiger partial charge in [0.1, 0.15) is 5.52 Å². The molecule has 2 N–H and O–H groups in total. The number of fused-ring (bicyclic) bond motifs is 1. The first-order chi connectivity index (χ1) is 15.2. The van der Waals surface area contributed by atoms with Crippen molar-refractivity contribution in [3.8, 4) is 11.4 Å². The van der Waals surface area contributed by atoms with Gasteiger partial charge in [0.2, 0.25) is 0 Å². The number of aryl methyl sites for hydroxylation is 2. The molecular weight excluding hydrogens is 428 g/mol. The Morgan fingerprint density at radius 2 is 1.97 bits per heavy atom. The normalized spacial score (nSPS) is 12.4. The van der Waals surface area contributed by atoms with Crippen LogP contribution >= 0.6 is 11.6 Å². The SMILES string of the molecule is Cc1ccc(-c2nn3cc(C(=O)NCC(C(C)C)n4cc(Cl)cn4)cc3c(=O)[nH]2)cc1C. The van der Waals surface area contributed by atoms with E-state index >= 15 is 0 Å². The lowest BCUT2D eigenvalue weighted by molar-refractivity contribution is 0.0943. The summed E-state index contributed by atoms with van der Waals surface area (Å²) in [7, 11) is 0. The van der Waals surface area contributed by atoms with Gasteiger partial charge in [-0.05, 0) is 43.0 Å². The molecule has 4 rings (SSSR count). The molecule has 3 aromatic heterocycles. The third-order valence-electron chi connectivity index (χ3n) is 5.67. The maximum Gasteiger partial charge on any atom is 0.275 e. The van der Waals surface area contributed by atoms with Crippen LogP contribution in [0, 0.1) is 19.8 Å². The van der Waals surface area contributed by atoms with Crippen molar-refractivity contribution >= 4 is 23.0 Å². The molecule has 9 heteroatoms. The predicted octanol–water partition coefficient (Wildman–Crippen LogP) is 3.78. The van der Waals surface area contributed by atoms with Gasteiger partial charge in [-0.1, -0.05) is 37.6 Å². The standard InChI is InChI=1S/C23H25ClN6O2/c1-13(2)20(29-12-18(24)9-26-29)10-25-22(31)17-8-19-23(32)27-21(28-30(19)11-17)16-6-5-14(3)15(4)7-16/h5-9,11-13,20H,10H2,1-4H3,(H,25,31)(H,27,28,32). The van der Waals surface area contributed by atoms with Crippen LogP contribution in [0.2, 0.25) is 5.02 Å².